The number of carbonyl (C=O) groups is 1. The smallest absolute Gasteiger partial charge is 0.269 e. The van der Waals surface area contributed by atoms with Crippen LogP contribution in [0.2, 0.25) is 0 Å². The zero-order chi connectivity index (χ0) is 27.8. The summed E-state index contributed by atoms with van der Waals surface area (Å²) < 4.78 is 27.0. The van der Waals surface area contributed by atoms with E-state index in [-0.39, 0.29) is 0 Å². The van der Waals surface area contributed by atoms with Crippen LogP contribution in [0.3, 0.4) is 0 Å². The molecule has 0 aromatic heterocycles. The minimum atomic E-state index is -4.43. The Morgan fingerprint density at radius 3 is 1.92 bits per heavy atom. The van der Waals surface area contributed by atoms with Gasteiger partial charge in [0.05, 0.1) is 4.92 Å². The van der Waals surface area contributed by atoms with Crippen LogP contribution in [0.1, 0.15) is 35.6 Å². The molecule has 196 valence electrons. The number of allylic oxidation sites excluding steroid dienone is 1. The van der Waals surface area contributed by atoms with Crippen molar-refractivity contribution in [3.8, 4) is 0 Å². The van der Waals surface area contributed by atoms with Gasteiger partial charge in [0.25, 0.3) is 21.6 Å². The second kappa shape index (κ2) is 12.1. The number of nitrogens with one attached hydrogen (secondary N) is 1. The van der Waals surface area contributed by atoms with Crippen molar-refractivity contribution in [1.82, 2.24) is 4.72 Å². The highest BCUT2D eigenvalue weighted by Crippen LogP contribution is 2.34. The number of nitrogens with zero attached hydrogens (tertiary/aromatic N) is 1. The fourth-order valence-corrected chi connectivity index (χ4v) is 5.39. The predicted molar refractivity (Wildman–Crippen MR) is 153 cm³/mol. The van der Waals surface area contributed by atoms with Gasteiger partial charge in [0.1, 0.15) is 0 Å². The van der Waals surface area contributed by atoms with Crippen molar-refractivity contribution in [2.24, 2.45) is 0 Å². The van der Waals surface area contributed by atoms with E-state index < -0.39 is 31.4 Å². The number of amides is 1. The predicted octanol–water partition coefficient (Wildman–Crippen LogP) is 6.48. The zero-order valence-corrected chi connectivity index (χ0v) is 22.0. The van der Waals surface area contributed by atoms with E-state index in [1.165, 1.54) is 23.8 Å². The summed E-state index contributed by atoms with van der Waals surface area (Å²) in [5.41, 5.74) is 5.60. The van der Waals surface area contributed by atoms with Crippen molar-refractivity contribution < 1.29 is 18.1 Å². The molecule has 0 saturated heterocycles. The van der Waals surface area contributed by atoms with E-state index in [1.807, 2.05) is 65.4 Å². The number of benzene rings is 4. The highest BCUT2D eigenvalue weighted by Gasteiger charge is 2.26. The first-order valence-electron chi connectivity index (χ1n) is 12.2. The van der Waals surface area contributed by atoms with Crippen LogP contribution in [0.25, 0.3) is 17.2 Å². The lowest BCUT2D eigenvalue weighted by molar-refractivity contribution is -0.387. The average Bonchev–Trinajstić information content (AvgIpc) is 2.96. The molecule has 0 fully saturated rings. The standard InChI is InChI=1S/C31H26N2O5S/c1-2-27(24-11-5-3-6-12-24)31(25-13-7-4-8-14-25)26-20-17-23(18-21-26)19-22-30(34)32-39(37,38)29-16-10-9-15-28(29)33(35)36/h3-22H,2H2,1H3,(H,32,34)/b22-19+,31-27-. The summed E-state index contributed by atoms with van der Waals surface area (Å²) in [7, 11) is -4.43. The molecule has 0 heterocycles. The molecule has 0 spiro atoms. The quantitative estimate of drug-likeness (QED) is 0.114. The first-order chi connectivity index (χ1) is 18.8. The third-order valence-corrected chi connectivity index (χ3v) is 7.45. The molecule has 4 rings (SSSR count). The number of para-hydroxylation sites is 1. The van der Waals surface area contributed by atoms with Gasteiger partial charge in [-0.05, 0) is 52.0 Å². The lowest BCUT2D eigenvalue weighted by Gasteiger charge is -2.16. The maximum absolute atomic E-state index is 12.6. The average molecular weight is 539 g/mol. The van der Waals surface area contributed by atoms with Crippen molar-refractivity contribution in [2.75, 3.05) is 0 Å². The highest BCUT2D eigenvalue weighted by atomic mass is 32.2. The van der Waals surface area contributed by atoms with Crippen molar-refractivity contribution in [3.63, 3.8) is 0 Å². The first kappa shape index (κ1) is 27.2. The Labute approximate surface area is 227 Å². The Balaban J connectivity index is 1.59. The van der Waals surface area contributed by atoms with E-state index in [4.69, 9.17) is 0 Å². The Hall–Kier alpha value is -4.82. The SMILES string of the molecule is CC/C(=C(\c1ccccc1)c1ccc(/C=C/C(=O)NS(=O)(=O)c2ccccc2[N+](=O)[O-])cc1)c1ccccc1. The Morgan fingerprint density at radius 2 is 1.33 bits per heavy atom. The first-order valence-corrected chi connectivity index (χ1v) is 13.7. The molecular weight excluding hydrogens is 512 g/mol. The Morgan fingerprint density at radius 1 is 0.795 bits per heavy atom. The van der Waals surface area contributed by atoms with Crippen molar-refractivity contribution in [2.45, 2.75) is 18.2 Å². The molecule has 39 heavy (non-hydrogen) atoms. The number of nitro groups is 1. The number of hydrogen-bond donors (Lipinski definition) is 1. The third kappa shape index (κ3) is 6.55. The maximum Gasteiger partial charge on any atom is 0.289 e. The summed E-state index contributed by atoms with van der Waals surface area (Å²) in [4.78, 5) is 22.2. The largest absolute Gasteiger partial charge is 0.289 e. The van der Waals surface area contributed by atoms with Gasteiger partial charge < -0.3 is 0 Å². The molecule has 0 bridgehead atoms. The molecule has 1 N–H and O–H groups in total. The molecule has 0 aliphatic heterocycles. The molecule has 0 atom stereocenters. The van der Waals surface area contributed by atoms with E-state index in [9.17, 15) is 23.3 Å². The van der Waals surface area contributed by atoms with Crippen LogP contribution >= 0.6 is 0 Å². The Bertz CT molecular complexity index is 1640. The van der Waals surface area contributed by atoms with Gasteiger partial charge in [-0.15, -0.1) is 0 Å². The normalized spacial score (nSPS) is 12.1. The van der Waals surface area contributed by atoms with Gasteiger partial charge in [-0.2, -0.15) is 0 Å². The van der Waals surface area contributed by atoms with Crippen LogP contribution in [0.4, 0.5) is 5.69 Å². The minimum absolute atomic E-state index is 0.577. The monoisotopic (exact) mass is 538 g/mol. The molecule has 0 aliphatic rings. The van der Waals surface area contributed by atoms with Gasteiger partial charge in [-0.25, -0.2) is 13.1 Å². The topological polar surface area (TPSA) is 106 Å². The fourth-order valence-electron chi connectivity index (χ4n) is 4.27. The number of sulfonamides is 1. The van der Waals surface area contributed by atoms with Crippen LogP contribution in [0, 0.1) is 10.1 Å². The molecule has 0 unspecified atom stereocenters. The van der Waals surface area contributed by atoms with Crippen LogP contribution in [-0.4, -0.2) is 19.2 Å². The van der Waals surface area contributed by atoms with E-state index in [2.05, 4.69) is 31.2 Å². The second-order valence-corrected chi connectivity index (χ2v) is 10.2. The second-order valence-electron chi connectivity index (χ2n) is 8.59. The molecule has 4 aromatic rings. The molecule has 8 heteroatoms. The zero-order valence-electron chi connectivity index (χ0n) is 21.2. The summed E-state index contributed by atoms with van der Waals surface area (Å²) in [6.07, 6.45) is 3.39. The van der Waals surface area contributed by atoms with Gasteiger partial charge in [-0.1, -0.05) is 104 Å². The molecule has 0 saturated carbocycles. The summed E-state index contributed by atoms with van der Waals surface area (Å²) in [6, 6.07) is 32.8. The van der Waals surface area contributed by atoms with Crippen molar-refractivity contribution >= 4 is 38.8 Å². The maximum atomic E-state index is 12.6. The molecule has 7 nitrogen and oxygen atoms in total. The van der Waals surface area contributed by atoms with Gasteiger partial charge in [0.2, 0.25) is 0 Å². The number of hydrogen-bond acceptors (Lipinski definition) is 5. The van der Waals surface area contributed by atoms with Crippen LogP contribution in [0.5, 0.6) is 0 Å². The summed E-state index contributed by atoms with van der Waals surface area (Å²) in [5, 5.41) is 11.2. The third-order valence-electron chi connectivity index (χ3n) is 6.05. The summed E-state index contributed by atoms with van der Waals surface area (Å²) in [5.74, 6) is -0.917. The van der Waals surface area contributed by atoms with E-state index in [0.29, 0.717) is 5.56 Å². The van der Waals surface area contributed by atoms with Gasteiger partial charge in [-0.3, -0.25) is 14.9 Å². The van der Waals surface area contributed by atoms with E-state index in [1.54, 1.807) is 0 Å². The Kier molecular flexibility index (Phi) is 8.48. The number of carbonyl (C=O) groups excluding carboxylic acids is 1. The molecule has 0 aliphatic carbocycles. The highest BCUT2D eigenvalue weighted by molar-refractivity contribution is 7.90. The molecule has 4 aromatic carbocycles. The van der Waals surface area contributed by atoms with Crippen molar-refractivity contribution in [1.29, 1.82) is 0 Å². The summed E-state index contributed by atoms with van der Waals surface area (Å²) in [6.45, 7) is 2.12. The fraction of sp³-hybridized carbons (Fsp3) is 0.0645. The minimum Gasteiger partial charge on any atom is -0.269 e. The molecule has 0 radical (unpaired) electrons. The molecule has 1 amide bonds. The van der Waals surface area contributed by atoms with Gasteiger partial charge >= 0.3 is 0 Å². The van der Waals surface area contributed by atoms with Gasteiger partial charge in [0.15, 0.2) is 4.90 Å². The number of rotatable bonds is 9. The lowest BCUT2D eigenvalue weighted by Crippen LogP contribution is -2.29. The van der Waals surface area contributed by atoms with E-state index >= 15 is 0 Å². The number of nitro benzene ring substituents is 1. The van der Waals surface area contributed by atoms with Crippen LogP contribution in [-0.2, 0) is 14.8 Å². The van der Waals surface area contributed by atoms with Crippen LogP contribution < -0.4 is 4.72 Å². The van der Waals surface area contributed by atoms with Crippen LogP contribution in [0.15, 0.2) is 120 Å². The van der Waals surface area contributed by atoms with Crippen molar-refractivity contribution in [3.05, 3.63) is 148 Å². The summed E-state index contributed by atoms with van der Waals surface area (Å²) >= 11 is 0. The lowest BCUT2D eigenvalue weighted by atomic mass is 9.88. The van der Waals surface area contributed by atoms with Gasteiger partial charge in [0, 0.05) is 12.1 Å². The molecular formula is C31H26N2O5S. The van der Waals surface area contributed by atoms with E-state index in [0.717, 1.165) is 46.9 Å².